The summed E-state index contributed by atoms with van der Waals surface area (Å²) < 4.78 is 5.00. The van der Waals surface area contributed by atoms with Crippen molar-refractivity contribution in [3.63, 3.8) is 0 Å². The van der Waals surface area contributed by atoms with Crippen LogP contribution in [0, 0.1) is 0 Å². The van der Waals surface area contributed by atoms with Crippen molar-refractivity contribution < 1.29 is 0 Å². The third-order valence-electron chi connectivity index (χ3n) is 6.69. The minimum absolute atomic E-state index is 1.22. The fourth-order valence-corrected chi connectivity index (χ4v) is 14.2. The molecule has 0 aliphatic heterocycles. The SMILES string of the molecule is CCN(CC)CCC[CH2][In]([CH2]CCCN(CC)CC)[CH2]CCCN(CC)CC. The molecule has 0 heterocycles. The van der Waals surface area contributed by atoms with Crippen LogP contribution in [0.3, 0.4) is 0 Å². The summed E-state index contributed by atoms with van der Waals surface area (Å²) in [6.45, 7) is 25.1. The molecule has 4 heteroatoms. The van der Waals surface area contributed by atoms with Gasteiger partial charge in [0.1, 0.15) is 0 Å². The molecule has 3 nitrogen and oxygen atoms in total. The number of rotatable bonds is 21. The van der Waals surface area contributed by atoms with Gasteiger partial charge in [-0.3, -0.25) is 0 Å². The van der Waals surface area contributed by atoms with E-state index in [2.05, 4.69) is 56.2 Å². The number of hydrogen-bond donors (Lipinski definition) is 0. The Hall–Kier alpha value is 0.750. The third-order valence-corrected chi connectivity index (χ3v) is 17.2. The van der Waals surface area contributed by atoms with E-state index in [1.165, 1.54) is 97.4 Å². The Kier molecular flexibility index (Phi) is 21.6. The molecule has 0 radical (unpaired) electrons. The fraction of sp³-hybridized carbons (Fsp3) is 1.00. The van der Waals surface area contributed by atoms with Gasteiger partial charge < -0.3 is 0 Å². The number of hydrogen-bond acceptors (Lipinski definition) is 3. The normalized spacial score (nSPS) is 11.9. The van der Waals surface area contributed by atoms with Crippen molar-refractivity contribution in [1.82, 2.24) is 14.7 Å². The van der Waals surface area contributed by atoms with Crippen molar-refractivity contribution in [3.8, 4) is 0 Å². The second-order valence-corrected chi connectivity index (χ2v) is 18.3. The van der Waals surface area contributed by atoms with Crippen molar-refractivity contribution in [2.24, 2.45) is 0 Å². The Balaban J connectivity index is 4.17. The van der Waals surface area contributed by atoms with E-state index in [9.17, 15) is 0 Å². The van der Waals surface area contributed by atoms with Crippen molar-refractivity contribution in [1.29, 1.82) is 0 Å². The van der Waals surface area contributed by atoms with E-state index in [4.69, 9.17) is 0 Å². The van der Waals surface area contributed by atoms with Crippen molar-refractivity contribution in [2.75, 3.05) is 58.9 Å². The molecule has 0 fully saturated rings. The molecular formula is C24H54InN3. The Morgan fingerprint density at radius 3 is 0.857 bits per heavy atom. The van der Waals surface area contributed by atoms with E-state index in [0.29, 0.717) is 0 Å². The summed E-state index contributed by atoms with van der Waals surface area (Å²) in [4.78, 5) is 7.79. The van der Waals surface area contributed by atoms with Crippen molar-refractivity contribution in [2.45, 2.75) is 92.6 Å². The summed E-state index contributed by atoms with van der Waals surface area (Å²) >= 11 is -1.30. The van der Waals surface area contributed by atoms with Crippen LogP contribution in [-0.2, 0) is 0 Å². The van der Waals surface area contributed by atoms with Gasteiger partial charge in [0.05, 0.1) is 0 Å². The monoisotopic (exact) mass is 499 g/mol. The van der Waals surface area contributed by atoms with Gasteiger partial charge in [-0.25, -0.2) is 0 Å². The summed E-state index contributed by atoms with van der Waals surface area (Å²) in [6, 6.07) is 0. The molecule has 0 amide bonds. The van der Waals surface area contributed by atoms with Crippen LogP contribution in [-0.4, -0.2) is 95.0 Å². The first-order valence-corrected chi connectivity index (χ1v) is 19.8. The van der Waals surface area contributed by atoms with Crippen molar-refractivity contribution >= 4 is 21.4 Å². The zero-order valence-corrected chi connectivity index (χ0v) is 23.9. The van der Waals surface area contributed by atoms with E-state index < -0.39 is 21.4 Å². The third kappa shape index (κ3) is 15.6. The molecule has 168 valence electrons. The number of unbranched alkanes of at least 4 members (excludes halogenated alkanes) is 3. The van der Waals surface area contributed by atoms with E-state index in [1.807, 2.05) is 0 Å². The average molecular weight is 500 g/mol. The first-order valence-electron chi connectivity index (χ1n) is 12.8. The zero-order valence-electron chi connectivity index (χ0n) is 20.6. The van der Waals surface area contributed by atoms with Crippen LogP contribution in [0.25, 0.3) is 0 Å². The molecule has 0 bridgehead atoms. The van der Waals surface area contributed by atoms with Crippen LogP contribution in [0.15, 0.2) is 0 Å². The first kappa shape index (κ1) is 28.8. The Labute approximate surface area is 187 Å². The van der Waals surface area contributed by atoms with Gasteiger partial charge in [-0.15, -0.1) is 0 Å². The van der Waals surface area contributed by atoms with Crippen LogP contribution in [0.5, 0.6) is 0 Å². The fourth-order valence-electron chi connectivity index (χ4n) is 4.36. The molecule has 0 saturated heterocycles. The molecular weight excluding hydrogens is 445 g/mol. The molecule has 0 aromatic heterocycles. The molecule has 0 aromatic rings. The van der Waals surface area contributed by atoms with Gasteiger partial charge in [-0.1, -0.05) is 0 Å². The maximum atomic E-state index is 2.60. The molecule has 0 aromatic carbocycles. The molecule has 28 heavy (non-hydrogen) atoms. The molecule has 0 rings (SSSR count). The van der Waals surface area contributed by atoms with Crippen molar-refractivity contribution in [3.05, 3.63) is 0 Å². The van der Waals surface area contributed by atoms with Gasteiger partial charge in [0.2, 0.25) is 0 Å². The standard InChI is InChI=1S/3C8H18N.In/c3*1-4-7-8-9(5-2)6-3;/h3*1,4-8H2,2-3H3;. The second-order valence-electron chi connectivity index (χ2n) is 8.43. The molecule has 0 atom stereocenters. The van der Waals surface area contributed by atoms with Crippen LogP contribution >= 0.6 is 0 Å². The predicted molar refractivity (Wildman–Crippen MR) is 131 cm³/mol. The Morgan fingerprint density at radius 2 is 0.643 bits per heavy atom. The summed E-state index contributed by atoms with van der Waals surface area (Å²) in [7, 11) is 0. The van der Waals surface area contributed by atoms with E-state index >= 15 is 0 Å². The van der Waals surface area contributed by atoms with Crippen LogP contribution < -0.4 is 0 Å². The summed E-state index contributed by atoms with van der Waals surface area (Å²) in [6.07, 6.45) is 8.87. The molecule has 0 saturated carbocycles. The van der Waals surface area contributed by atoms with Crippen LogP contribution in [0.4, 0.5) is 0 Å². The van der Waals surface area contributed by atoms with Gasteiger partial charge in [-0.05, 0) is 0 Å². The molecule has 0 aliphatic carbocycles. The summed E-state index contributed by atoms with van der Waals surface area (Å²) in [5.74, 6) is 0. The molecule has 0 N–H and O–H groups in total. The molecule has 0 spiro atoms. The maximum absolute atomic E-state index is 2.60. The van der Waals surface area contributed by atoms with Gasteiger partial charge >= 0.3 is 188 Å². The Bertz CT molecular complexity index is 255. The minimum atomic E-state index is -1.30. The van der Waals surface area contributed by atoms with E-state index in [1.54, 1.807) is 12.5 Å². The average Bonchev–Trinajstić information content (AvgIpc) is 2.73. The van der Waals surface area contributed by atoms with Gasteiger partial charge in [-0.2, -0.15) is 0 Å². The topological polar surface area (TPSA) is 9.72 Å². The van der Waals surface area contributed by atoms with Crippen LogP contribution in [0.1, 0.15) is 80.1 Å². The first-order chi connectivity index (χ1) is 13.6. The van der Waals surface area contributed by atoms with Gasteiger partial charge in [0.25, 0.3) is 0 Å². The second kappa shape index (κ2) is 21.0. The Morgan fingerprint density at radius 1 is 0.393 bits per heavy atom. The predicted octanol–water partition coefficient (Wildman–Crippen LogP) is 5.85. The van der Waals surface area contributed by atoms with Crippen LogP contribution in [0.2, 0.25) is 12.5 Å². The number of nitrogens with zero attached hydrogens (tertiary/aromatic N) is 3. The van der Waals surface area contributed by atoms with Gasteiger partial charge in [0.15, 0.2) is 0 Å². The van der Waals surface area contributed by atoms with E-state index in [0.717, 1.165) is 0 Å². The summed E-state index contributed by atoms with van der Waals surface area (Å²) in [5.41, 5.74) is 0. The molecule has 0 unspecified atom stereocenters. The zero-order chi connectivity index (χ0) is 21.0. The quantitative estimate of drug-likeness (QED) is 0.184. The van der Waals surface area contributed by atoms with Gasteiger partial charge in [0, 0.05) is 0 Å². The van der Waals surface area contributed by atoms with E-state index in [-0.39, 0.29) is 0 Å². The summed E-state index contributed by atoms with van der Waals surface area (Å²) in [5, 5.41) is 0. The molecule has 0 aliphatic rings.